The molecule has 14 heteroatoms. The van der Waals surface area contributed by atoms with Gasteiger partial charge in [0.2, 0.25) is 5.78 Å². The maximum absolute atomic E-state index is 14.0. The summed E-state index contributed by atoms with van der Waals surface area (Å²) in [6.07, 6.45) is -0.0103. The van der Waals surface area contributed by atoms with Gasteiger partial charge < -0.3 is 41.9 Å². The first kappa shape index (κ1) is 32.3. The highest BCUT2D eigenvalue weighted by Gasteiger charge is 2.64. The Morgan fingerprint density at radius 1 is 1.13 bits per heavy atom. The molecule has 9 N–H and O–H groups in total. The molecule has 0 spiro atoms. The van der Waals surface area contributed by atoms with Gasteiger partial charge in [-0.25, -0.2) is 4.79 Å². The number of methoxy groups -OCH3 is 1. The summed E-state index contributed by atoms with van der Waals surface area (Å²) in [5, 5.41) is 47.7. The number of nitrogens with one attached hydrogen (secondary N) is 1. The number of likely N-dealkylation sites (N-methyl/N-ethyl adjacent to an activating group) is 1. The Balaban J connectivity index is 1.62. The number of carbonyl (C=O) groups excluding carboxylic acids is 5. The summed E-state index contributed by atoms with van der Waals surface area (Å²) in [5.74, 6) is -8.75. The molecule has 0 heterocycles. The number of aliphatic hydroxyl groups excluding tert-OH is 2. The van der Waals surface area contributed by atoms with E-state index in [9.17, 15) is 44.4 Å². The molecule has 0 aliphatic heterocycles. The largest absolute Gasteiger partial charge is 0.508 e. The Labute approximate surface area is 262 Å². The summed E-state index contributed by atoms with van der Waals surface area (Å²) in [5.41, 5.74) is 8.60. The Morgan fingerprint density at radius 2 is 1.83 bits per heavy atom. The number of carbonyl (C=O) groups is 5. The van der Waals surface area contributed by atoms with Crippen molar-refractivity contribution in [2.24, 2.45) is 23.3 Å². The Bertz CT molecular complexity index is 1760. The molecule has 5 rings (SSSR count). The minimum atomic E-state index is -2.75. The number of aliphatic hydroxyl groups is 3. The quantitative estimate of drug-likeness (QED) is 0.155. The van der Waals surface area contributed by atoms with E-state index in [1.165, 1.54) is 38.2 Å². The molecule has 3 aliphatic rings. The van der Waals surface area contributed by atoms with Crippen LogP contribution < -0.4 is 16.8 Å². The number of ketones is 2. The summed E-state index contributed by atoms with van der Waals surface area (Å²) < 4.78 is 4.67. The lowest BCUT2D eigenvalue weighted by atomic mass is 9.57. The van der Waals surface area contributed by atoms with Gasteiger partial charge in [-0.05, 0) is 67.7 Å². The van der Waals surface area contributed by atoms with Crippen molar-refractivity contribution in [1.82, 2.24) is 10.2 Å². The maximum Gasteiger partial charge on any atom is 0.329 e. The van der Waals surface area contributed by atoms with Gasteiger partial charge in [-0.15, -0.1) is 0 Å². The van der Waals surface area contributed by atoms with E-state index in [4.69, 9.17) is 11.5 Å². The van der Waals surface area contributed by atoms with Crippen LogP contribution in [0, 0.1) is 11.8 Å². The molecule has 1 unspecified atom stereocenters. The standard InChI is InChI=1S/C32H34N4O10/c1-36(2)24-18-11-15-10-17-16(13-5-4-6-14(9-13)30(43)35-19(12-33)31(44)46-3)7-8-20(37)22(17)25(38)21(15)27(40)32(18,45)28(41)23(26(24)39)29(34)42/h4-9,15,18-19,24,37-38,41,45H,10-12,33H2,1-3H3,(H2,34,42)(H,35,43)/t15-,18-,19?,24-,32-/m1/s1. The van der Waals surface area contributed by atoms with E-state index in [2.05, 4.69) is 10.1 Å². The fourth-order valence-electron chi connectivity index (χ4n) is 6.94. The van der Waals surface area contributed by atoms with Crippen LogP contribution in [-0.4, -0.2) is 100 Å². The third-order valence-corrected chi connectivity index (χ3v) is 9.07. The summed E-state index contributed by atoms with van der Waals surface area (Å²) >= 11 is 0. The molecule has 2 amide bonds. The van der Waals surface area contributed by atoms with E-state index in [0.29, 0.717) is 16.7 Å². The number of rotatable bonds is 7. The second kappa shape index (κ2) is 11.7. The summed E-state index contributed by atoms with van der Waals surface area (Å²) in [7, 11) is 4.22. The van der Waals surface area contributed by atoms with Gasteiger partial charge in [-0.3, -0.25) is 24.1 Å². The number of phenolic OH excluding ortho intramolecular Hbond substituents is 1. The molecular formula is C32H34N4O10. The topological polar surface area (TPSA) is 243 Å². The molecule has 0 radical (unpaired) electrons. The van der Waals surface area contributed by atoms with Gasteiger partial charge in [0.1, 0.15) is 28.9 Å². The summed E-state index contributed by atoms with van der Waals surface area (Å²) in [6, 6.07) is 6.97. The number of ether oxygens (including phenoxy) is 1. The lowest BCUT2D eigenvalue weighted by Gasteiger charge is -2.50. The third kappa shape index (κ3) is 4.81. The number of benzene rings is 2. The van der Waals surface area contributed by atoms with Gasteiger partial charge in [0, 0.05) is 23.6 Å². The van der Waals surface area contributed by atoms with Crippen LogP contribution in [0.1, 0.15) is 27.9 Å². The molecular weight excluding hydrogens is 600 g/mol. The predicted molar refractivity (Wildman–Crippen MR) is 162 cm³/mol. The van der Waals surface area contributed by atoms with Crippen LogP contribution in [0.2, 0.25) is 0 Å². The number of Topliss-reactive ketones (excluding diaryl/α,β-unsaturated/α-hetero) is 2. The van der Waals surface area contributed by atoms with Gasteiger partial charge in [-0.2, -0.15) is 0 Å². The highest BCUT2D eigenvalue weighted by atomic mass is 16.5. The van der Waals surface area contributed by atoms with Gasteiger partial charge in [0.15, 0.2) is 11.4 Å². The van der Waals surface area contributed by atoms with Crippen molar-refractivity contribution in [2.45, 2.75) is 30.5 Å². The van der Waals surface area contributed by atoms with E-state index in [1.54, 1.807) is 24.3 Å². The molecule has 5 atom stereocenters. The molecule has 46 heavy (non-hydrogen) atoms. The molecule has 3 aliphatic carbocycles. The van der Waals surface area contributed by atoms with Gasteiger partial charge >= 0.3 is 5.97 Å². The van der Waals surface area contributed by atoms with Crippen molar-refractivity contribution in [1.29, 1.82) is 0 Å². The number of hydrogen-bond donors (Lipinski definition) is 7. The number of phenols is 1. The minimum absolute atomic E-state index is 0.0618. The first-order valence-corrected chi connectivity index (χ1v) is 14.4. The molecule has 1 saturated carbocycles. The van der Waals surface area contributed by atoms with Crippen molar-refractivity contribution >= 4 is 35.1 Å². The Morgan fingerprint density at radius 3 is 2.43 bits per heavy atom. The van der Waals surface area contributed by atoms with Crippen molar-refractivity contribution < 1.29 is 49.1 Å². The van der Waals surface area contributed by atoms with E-state index in [1.807, 2.05) is 0 Å². The number of hydrogen-bond acceptors (Lipinski definition) is 12. The Hall–Kier alpha value is -5.05. The second-order valence-corrected chi connectivity index (χ2v) is 11.8. The Kier molecular flexibility index (Phi) is 8.23. The molecule has 2 aromatic rings. The highest BCUT2D eigenvalue weighted by molar-refractivity contribution is 6.24. The van der Waals surface area contributed by atoms with Crippen molar-refractivity contribution in [3.8, 4) is 16.9 Å². The smallest absolute Gasteiger partial charge is 0.329 e. The monoisotopic (exact) mass is 634 g/mol. The number of fused-ring (bicyclic) bond motifs is 3. The molecule has 1 fully saturated rings. The van der Waals surface area contributed by atoms with Crippen LogP contribution in [-0.2, 0) is 30.3 Å². The van der Waals surface area contributed by atoms with Gasteiger partial charge in [-0.1, -0.05) is 18.2 Å². The van der Waals surface area contributed by atoms with Crippen molar-refractivity contribution in [3.05, 3.63) is 70.0 Å². The van der Waals surface area contributed by atoms with Crippen LogP contribution in [0.25, 0.3) is 16.9 Å². The molecule has 0 aromatic heterocycles. The molecule has 0 bridgehead atoms. The average molecular weight is 635 g/mol. The van der Waals surface area contributed by atoms with E-state index in [-0.39, 0.29) is 41.8 Å². The van der Waals surface area contributed by atoms with Crippen molar-refractivity contribution in [3.63, 3.8) is 0 Å². The van der Waals surface area contributed by atoms with Gasteiger partial charge in [0.05, 0.1) is 18.7 Å². The maximum atomic E-state index is 14.0. The van der Waals surface area contributed by atoms with E-state index < -0.39 is 76.0 Å². The average Bonchev–Trinajstić information content (AvgIpc) is 3.01. The zero-order chi connectivity index (χ0) is 33.8. The first-order chi connectivity index (χ1) is 21.7. The molecule has 2 aromatic carbocycles. The van der Waals surface area contributed by atoms with Crippen LogP contribution in [0.3, 0.4) is 0 Å². The molecule has 242 valence electrons. The second-order valence-electron chi connectivity index (χ2n) is 11.8. The third-order valence-electron chi connectivity index (χ3n) is 9.07. The number of amides is 2. The summed E-state index contributed by atoms with van der Waals surface area (Å²) in [6.45, 7) is -0.189. The fraction of sp³-hybridized carbons (Fsp3) is 0.344. The van der Waals surface area contributed by atoms with E-state index >= 15 is 0 Å². The lowest BCUT2D eigenvalue weighted by Crippen LogP contribution is -2.65. The fourth-order valence-corrected chi connectivity index (χ4v) is 6.94. The predicted octanol–water partition coefficient (Wildman–Crippen LogP) is -0.139. The van der Waals surface area contributed by atoms with Crippen LogP contribution in [0.5, 0.6) is 5.75 Å². The van der Waals surface area contributed by atoms with E-state index in [0.717, 1.165) is 0 Å². The zero-order valence-corrected chi connectivity index (χ0v) is 25.2. The highest BCUT2D eigenvalue weighted by Crippen LogP contribution is 2.53. The number of primary amides is 1. The number of nitrogens with zero attached hydrogens (tertiary/aromatic N) is 1. The lowest BCUT2D eigenvalue weighted by molar-refractivity contribution is -0.153. The number of esters is 1. The SMILES string of the molecule is COC(=O)C(CN)NC(=O)c1cccc(-c2ccc(O)c3c2C[C@@H]2C[C@@H]4[C@@H](N(C)C)C(=O)C(C(N)=O)=C(O)[C@]4(O)C(=O)C2=C3O)c1. The van der Waals surface area contributed by atoms with Crippen LogP contribution in [0.4, 0.5) is 0 Å². The zero-order valence-electron chi connectivity index (χ0n) is 25.2. The number of nitrogens with two attached hydrogens (primary N) is 2. The van der Waals surface area contributed by atoms with Crippen LogP contribution in [0.15, 0.2) is 53.3 Å². The molecule has 0 saturated heterocycles. The van der Waals surface area contributed by atoms with Gasteiger partial charge in [0.25, 0.3) is 11.8 Å². The minimum Gasteiger partial charge on any atom is -0.508 e. The van der Waals surface area contributed by atoms with Crippen LogP contribution >= 0.6 is 0 Å². The summed E-state index contributed by atoms with van der Waals surface area (Å²) in [4.78, 5) is 65.9. The molecule has 14 nitrogen and oxygen atoms in total. The first-order valence-electron chi connectivity index (χ1n) is 14.4. The van der Waals surface area contributed by atoms with Crippen molar-refractivity contribution in [2.75, 3.05) is 27.7 Å². The number of aromatic hydroxyl groups is 1. The normalized spacial score (nSPS) is 24.6.